The smallest absolute Gasteiger partial charge is 0.407 e. The van der Waals surface area contributed by atoms with Crippen LogP contribution in [0.25, 0.3) is 0 Å². The third-order valence-electron chi connectivity index (χ3n) is 2.12. The summed E-state index contributed by atoms with van der Waals surface area (Å²) in [6, 6.07) is 0. The van der Waals surface area contributed by atoms with E-state index in [1.54, 1.807) is 20.8 Å². The Bertz CT molecular complexity index is 261. The summed E-state index contributed by atoms with van der Waals surface area (Å²) in [5, 5.41) is 2.96. The van der Waals surface area contributed by atoms with Crippen LogP contribution in [0, 0.1) is 5.92 Å². The molecule has 4 nitrogen and oxygen atoms in total. The zero-order valence-corrected chi connectivity index (χ0v) is 12.6. The average Bonchev–Trinajstić information content (AvgIpc) is 2.20. The Morgan fingerprint density at radius 2 is 1.94 bits per heavy atom. The van der Waals surface area contributed by atoms with Crippen molar-refractivity contribution in [2.75, 3.05) is 11.9 Å². The molecule has 17 heavy (non-hydrogen) atoms. The fourth-order valence-electron chi connectivity index (χ4n) is 1.36. The molecule has 100 valence electrons. The van der Waals surface area contributed by atoms with Gasteiger partial charge in [-0.2, -0.15) is 0 Å². The quantitative estimate of drug-likeness (QED) is 0.768. The molecule has 0 aliphatic carbocycles. The van der Waals surface area contributed by atoms with Gasteiger partial charge in [-0.05, 0) is 27.2 Å². The van der Waals surface area contributed by atoms with Crippen molar-refractivity contribution in [2.24, 2.45) is 5.92 Å². The summed E-state index contributed by atoms with van der Waals surface area (Å²) in [6.45, 7) is 7.77. The Labute approximate surface area is 112 Å². The lowest BCUT2D eigenvalue weighted by molar-refractivity contribution is -0.120. The maximum Gasteiger partial charge on any atom is 0.407 e. The van der Waals surface area contributed by atoms with E-state index in [0.717, 1.165) is 12.8 Å². The third kappa shape index (κ3) is 8.18. The van der Waals surface area contributed by atoms with Gasteiger partial charge in [-0.25, -0.2) is 4.79 Å². The van der Waals surface area contributed by atoms with Crippen LogP contribution in [0.3, 0.4) is 0 Å². The van der Waals surface area contributed by atoms with E-state index in [0.29, 0.717) is 11.9 Å². The van der Waals surface area contributed by atoms with Crippen LogP contribution in [0.1, 0.15) is 40.5 Å². The first-order valence-electron chi connectivity index (χ1n) is 5.85. The summed E-state index contributed by atoms with van der Waals surface area (Å²) in [5.74, 6) is -0.0187. The summed E-state index contributed by atoms with van der Waals surface area (Å²) < 4.78 is 5.11. The molecule has 1 N–H and O–H groups in total. The van der Waals surface area contributed by atoms with Crippen LogP contribution in [-0.4, -0.2) is 29.4 Å². The van der Waals surface area contributed by atoms with Crippen molar-refractivity contribution in [2.45, 2.75) is 46.1 Å². The molecule has 0 aromatic carbocycles. The SMILES string of the molecule is CCCC(CNC(=O)OC(C)(C)C)C(=O)CBr. The van der Waals surface area contributed by atoms with Gasteiger partial charge in [0.1, 0.15) is 11.4 Å². The number of Topliss-reactive ketones (excluding diaryl/α,β-unsaturated/α-hetero) is 1. The summed E-state index contributed by atoms with van der Waals surface area (Å²) in [5.41, 5.74) is -0.510. The summed E-state index contributed by atoms with van der Waals surface area (Å²) >= 11 is 3.15. The lowest BCUT2D eigenvalue weighted by Crippen LogP contribution is -2.37. The van der Waals surface area contributed by atoms with Crippen molar-refractivity contribution in [3.05, 3.63) is 0 Å². The zero-order valence-electron chi connectivity index (χ0n) is 11.0. The molecule has 0 saturated carbocycles. The first-order chi connectivity index (χ1) is 7.80. The van der Waals surface area contributed by atoms with Crippen LogP contribution in [0.4, 0.5) is 4.79 Å². The Balaban J connectivity index is 4.13. The van der Waals surface area contributed by atoms with Crippen molar-refractivity contribution < 1.29 is 14.3 Å². The van der Waals surface area contributed by atoms with Gasteiger partial charge in [0.05, 0.1) is 5.33 Å². The minimum absolute atomic E-state index is 0.114. The number of ketones is 1. The molecule has 0 aliphatic heterocycles. The number of amides is 1. The van der Waals surface area contributed by atoms with Gasteiger partial charge >= 0.3 is 6.09 Å². The molecule has 0 saturated heterocycles. The van der Waals surface area contributed by atoms with Gasteiger partial charge in [0.25, 0.3) is 0 Å². The standard InChI is InChI=1S/C12H22BrNO3/c1-5-6-9(10(15)7-13)8-14-11(16)17-12(2,3)4/h9H,5-8H2,1-4H3,(H,14,16). The molecule has 0 fully saturated rings. The van der Waals surface area contributed by atoms with Gasteiger partial charge < -0.3 is 10.1 Å². The number of hydrogen-bond acceptors (Lipinski definition) is 3. The number of rotatable bonds is 6. The van der Waals surface area contributed by atoms with Crippen molar-refractivity contribution in [1.82, 2.24) is 5.32 Å². The van der Waals surface area contributed by atoms with Crippen LogP contribution in [0.5, 0.6) is 0 Å². The molecule has 5 heteroatoms. The van der Waals surface area contributed by atoms with Gasteiger partial charge in [-0.15, -0.1) is 0 Å². The minimum atomic E-state index is -0.510. The lowest BCUT2D eigenvalue weighted by atomic mass is 10.00. The molecule has 0 bridgehead atoms. The highest BCUT2D eigenvalue weighted by Gasteiger charge is 2.20. The molecule has 0 radical (unpaired) electrons. The second-order valence-electron chi connectivity index (χ2n) is 4.97. The second-order valence-corrected chi connectivity index (χ2v) is 5.53. The van der Waals surface area contributed by atoms with Crippen LogP contribution in [0.2, 0.25) is 0 Å². The predicted molar refractivity (Wildman–Crippen MR) is 71.4 cm³/mol. The largest absolute Gasteiger partial charge is 0.444 e. The molecule has 0 rings (SSSR count). The maximum atomic E-state index is 11.6. The predicted octanol–water partition coefficient (Wildman–Crippen LogP) is 2.89. The monoisotopic (exact) mass is 307 g/mol. The molecule has 0 heterocycles. The number of ether oxygens (including phenoxy) is 1. The number of nitrogens with one attached hydrogen (secondary N) is 1. The first kappa shape index (κ1) is 16.4. The molecule has 1 amide bonds. The van der Waals surface area contributed by atoms with E-state index in [1.165, 1.54) is 0 Å². The Kier molecular flexibility index (Phi) is 7.43. The fourth-order valence-corrected chi connectivity index (χ4v) is 1.81. The summed E-state index contributed by atoms with van der Waals surface area (Å²) in [7, 11) is 0. The average molecular weight is 308 g/mol. The van der Waals surface area contributed by atoms with Crippen LogP contribution in [-0.2, 0) is 9.53 Å². The Hall–Kier alpha value is -0.580. The molecule has 0 aromatic heterocycles. The van der Waals surface area contributed by atoms with Gasteiger partial charge in [0, 0.05) is 12.5 Å². The van der Waals surface area contributed by atoms with Gasteiger partial charge in [0.2, 0.25) is 0 Å². The van der Waals surface area contributed by atoms with Gasteiger partial charge in [0.15, 0.2) is 0 Å². The number of halogens is 1. The summed E-state index contributed by atoms with van der Waals surface area (Å²) in [4.78, 5) is 23.0. The lowest BCUT2D eigenvalue weighted by Gasteiger charge is -2.21. The molecule has 0 aromatic rings. The van der Waals surface area contributed by atoms with E-state index in [2.05, 4.69) is 21.2 Å². The van der Waals surface area contributed by atoms with Crippen LogP contribution in [0.15, 0.2) is 0 Å². The van der Waals surface area contributed by atoms with Crippen LogP contribution < -0.4 is 5.32 Å². The molecular formula is C12H22BrNO3. The van der Waals surface area contributed by atoms with E-state index in [1.807, 2.05) is 6.92 Å². The molecule has 1 unspecified atom stereocenters. The molecule has 0 spiro atoms. The first-order valence-corrected chi connectivity index (χ1v) is 6.97. The number of carbonyl (C=O) groups excluding carboxylic acids is 2. The number of hydrogen-bond donors (Lipinski definition) is 1. The Morgan fingerprint density at radius 1 is 1.35 bits per heavy atom. The fraction of sp³-hybridized carbons (Fsp3) is 0.833. The maximum absolute atomic E-state index is 11.6. The molecule has 0 aliphatic rings. The number of carbonyl (C=O) groups is 2. The molecular weight excluding hydrogens is 286 g/mol. The summed E-state index contributed by atoms with van der Waals surface area (Å²) in [6.07, 6.45) is 1.22. The minimum Gasteiger partial charge on any atom is -0.444 e. The van der Waals surface area contributed by atoms with E-state index < -0.39 is 11.7 Å². The van der Waals surface area contributed by atoms with E-state index in [-0.39, 0.29) is 11.7 Å². The Morgan fingerprint density at radius 3 is 2.35 bits per heavy atom. The topological polar surface area (TPSA) is 55.4 Å². The highest BCUT2D eigenvalue weighted by atomic mass is 79.9. The van der Waals surface area contributed by atoms with Gasteiger partial charge in [-0.3, -0.25) is 4.79 Å². The van der Waals surface area contributed by atoms with Crippen molar-refractivity contribution >= 4 is 27.8 Å². The van der Waals surface area contributed by atoms with Gasteiger partial charge in [-0.1, -0.05) is 29.3 Å². The van der Waals surface area contributed by atoms with Crippen molar-refractivity contribution in [1.29, 1.82) is 0 Å². The van der Waals surface area contributed by atoms with Crippen molar-refractivity contribution in [3.63, 3.8) is 0 Å². The zero-order chi connectivity index (χ0) is 13.5. The second kappa shape index (κ2) is 7.69. The van der Waals surface area contributed by atoms with E-state index in [9.17, 15) is 9.59 Å². The number of alkyl halides is 1. The van der Waals surface area contributed by atoms with Crippen molar-refractivity contribution in [3.8, 4) is 0 Å². The van der Waals surface area contributed by atoms with E-state index in [4.69, 9.17) is 4.74 Å². The number of alkyl carbamates (subject to hydrolysis) is 1. The van der Waals surface area contributed by atoms with E-state index >= 15 is 0 Å². The molecule has 1 atom stereocenters. The highest BCUT2D eigenvalue weighted by Crippen LogP contribution is 2.10. The third-order valence-corrected chi connectivity index (χ3v) is 2.67. The highest BCUT2D eigenvalue weighted by molar-refractivity contribution is 9.09. The van der Waals surface area contributed by atoms with Crippen LogP contribution >= 0.6 is 15.9 Å². The normalized spacial score (nSPS) is 13.0.